The van der Waals surface area contributed by atoms with Crippen molar-refractivity contribution >= 4 is 11.5 Å². The SMILES string of the molecule is CCOc1ccc(N=C(N)C2CCCCC2)cn1. The summed E-state index contributed by atoms with van der Waals surface area (Å²) in [7, 11) is 0. The Morgan fingerprint density at radius 2 is 2.17 bits per heavy atom. The number of nitrogens with zero attached hydrogens (tertiary/aromatic N) is 2. The van der Waals surface area contributed by atoms with E-state index >= 15 is 0 Å². The van der Waals surface area contributed by atoms with Crippen molar-refractivity contribution in [2.24, 2.45) is 16.6 Å². The molecule has 18 heavy (non-hydrogen) atoms. The number of ether oxygens (including phenoxy) is 1. The van der Waals surface area contributed by atoms with Crippen molar-refractivity contribution in [1.29, 1.82) is 0 Å². The molecule has 1 aromatic rings. The van der Waals surface area contributed by atoms with Crippen LogP contribution in [0.25, 0.3) is 0 Å². The highest BCUT2D eigenvalue weighted by Gasteiger charge is 2.16. The molecule has 0 saturated heterocycles. The van der Waals surface area contributed by atoms with Gasteiger partial charge in [0.1, 0.15) is 5.84 Å². The van der Waals surface area contributed by atoms with Crippen LogP contribution in [-0.2, 0) is 0 Å². The average molecular weight is 247 g/mol. The zero-order chi connectivity index (χ0) is 12.8. The fourth-order valence-corrected chi connectivity index (χ4v) is 2.31. The Morgan fingerprint density at radius 1 is 1.39 bits per heavy atom. The largest absolute Gasteiger partial charge is 0.478 e. The maximum absolute atomic E-state index is 6.07. The van der Waals surface area contributed by atoms with Gasteiger partial charge in [-0.1, -0.05) is 19.3 Å². The van der Waals surface area contributed by atoms with Crippen LogP contribution in [0.2, 0.25) is 0 Å². The van der Waals surface area contributed by atoms with Gasteiger partial charge in [0.2, 0.25) is 5.88 Å². The fraction of sp³-hybridized carbons (Fsp3) is 0.571. The minimum Gasteiger partial charge on any atom is -0.478 e. The van der Waals surface area contributed by atoms with Gasteiger partial charge in [-0.25, -0.2) is 9.98 Å². The summed E-state index contributed by atoms with van der Waals surface area (Å²) in [6.07, 6.45) is 7.90. The van der Waals surface area contributed by atoms with Gasteiger partial charge in [-0.2, -0.15) is 0 Å². The number of pyridine rings is 1. The van der Waals surface area contributed by atoms with Gasteiger partial charge in [0, 0.05) is 12.0 Å². The summed E-state index contributed by atoms with van der Waals surface area (Å²) in [5, 5.41) is 0. The molecule has 0 aliphatic heterocycles. The van der Waals surface area contributed by atoms with Crippen molar-refractivity contribution in [3.05, 3.63) is 18.3 Å². The van der Waals surface area contributed by atoms with Crippen LogP contribution in [0, 0.1) is 5.92 Å². The van der Waals surface area contributed by atoms with Gasteiger partial charge >= 0.3 is 0 Å². The number of hydrogen-bond donors (Lipinski definition) is 1. The van der Waals surface area contributed by atoms with Crippen molar-refractivity contribution in [2.45, 2.75) is 39.0 Å². The molecule has 0 bridgehead atoms. The summed E-state index contributed by atoms with van der Waals surface area (Å²) in [6.45, 7) is 2.56. The van der Waals surface area contributed by atoms with Crippen molar-refractivity contribution in [2.75, 3.05) is 6.61 Å². The van der Waals surface area contributed by atoms with Crippen LogP contribution in [0.5, 0.6) is 5.88 Å². The molecule has 4 nitrogen and oxygen atoms in total. The van der Waals surface area contributed by atoms with Gasteiger partial charge in [0.25, 0.3) is 0 Å². The third-order valence-corrected chi connectivity index (χ3v) is 3.29. The Bertz CT molecular complexity index is 394. The van der Waals surface area contributed by atoms with E-state index in [9.17, 15) is 0 Å². The summed E-state index contributed by atoms with van der Waals surface area (Å²) in [5.74, 6) is 1.83. The lowest BCUT2D eigenvalue weighted by Gasteiger charge is -2.20. The van der Waals surface area contributed by atoms with E-state index in [4.69, 9.17) is 10.5 Å². The number of nitrogens with two attached hydrogens (primary N) is 1. The first-order valence-electron chi connectivity index (χ1n) is 6.72. The Balaban J connectivity index is 2.01. The second-order valence-electron chi connectivity index (χ2n) is 4.66. The molecule has 1 heterocycles. The van der Waals surface area contributed by atoms with Gasteiger partial charge in [-0.3, -0.25) is 0 Å². The van der Waals surface area contributed by atoms with Crippen molar-refractivity contribution in [3.8, 4) is 5.88 Å². The number of aromatic nitrogens is 1. The molecule has 1 fully saturated rings. The Kier molecular flexibility index (Phi) is 4.56. The third-order valence-electron chi connectivity index (χ3n) is 3.29. The highest BCUT2D eigenvalue weighted by atomic mass is 16.5. The molecule has 0 atom stereocenters. The molecule has 2 N–H and O–H groups in total. The molecule has 0 amide bonds. The molecule has 0 radical (unpaired) electrons. The number of amidine groups is 1. The molecule has 0 aromatic carbocycles. The van der Waals surface area contributed by atoms with Gasteiger partial charge in [0.15, 0.2) is 0 Å². The molecule has 0 spiro atoms. The number of hydrogen-bond acceptors (Lipinski definition) is 3. The first kappa shape index (κ1) is 12.9. The summed E-state index contributed by atoms with van der Waals surface area (Å²) in [6, 6.07) is 3.73. The minimum absolute atomic E-state index is 0.449. The minimum atomic E-state index is 0.449. The lowest BCUT2D eigenvalue weighted by Crippen LogP contribution is -2.25. The van der Waals surface area contributed by atoms with Crippen LogP contribution < -0.4 is 10.5 Å². The van der Waals surface area contributed by atoms with Gasteiger partial charge in [0.05, 0.1) is 18.5 Å². The van der Waals surface area contributed by atoms with Gasteiger partial charge in [-0.05, 0) is 25.8 Å². The van der Waals surface area contributed by atoms with Crippen molar-refractivity contribution in [1.82, 2.24) is 4.98 Å². The summed E-state index contributed by atoms with van der Waals surface area (Å²) in [4.78, 5) is 8.64. The predicted octanol–water partition coefficient (Wildman–Crippen LogP) is 3.05. The normalized spacial score (nSPS) is 17.7. The quantitative estimate of drug-likeness (QED) is 0.657. The Labute approximate surface area is 108 Å². The van der Waals surface area contributed by atoms with Crippen LogP contribution in [0.3, 0.4) is 0 Å². The Hall–Kier alpha value is -1.58. The van der Waals surface area contributed by atoms with E-state index in [2.05, 4.69) is 9.98 Å². The topological polar surface area (TPSA) is 60.5 Å². The molecule has 1 aromatic heterocycles. The highest BCUT2D eigenvalue weighted by molar-refractivity contribution is 5.85. The molecular formula is C14H21N3O. The summed E-state index contributed by atoms with van der Waals surface area (Å²) < 4.78 is 5.29. The fourth-order valence-electron chi connectivity index (χ4n) is 2.31. The van der Waals surface area contributed by atoms with E-state index in [0.29, 0.717) is 18.4 Å². The molecule has 0 unspecified atom stereocenters. The molecule has 98 valence electrons. The molecule has 1 saturated carbocycles. The van der Waals surface area contributed by atoms with Crippen molar-refractivity contribution < 1.29 is 4.74 Å². The van der Waals surface area contributed by atoms with E-state index in [0.717, 1.165) is 11.5 Å². The van der Waals surface area contributed by atoms with Crippen LogP contribution >= 0.6 is 0 Å². The highest BCUT2D eigenvalue weighted by Crippen LogP contribution is 2.25. The zero-order valence-corrected chi connectivity index (χ0v) is 10.9. The second-order valence-corrected chi connectivity index (χ2v) is 4.66. The van der Waals surface area contributed by atoms with Crippen LogP contribution in [-0.4, -0.2) is 17.4 Å². The molecule has 2 rings (SSSR count). The van der Waals surface area contributed by atoms with E-state index in [1.165, 1.54) is 32.1 Å². The van der Waals surface area contributed by atoms with Crippen LogP contribution in [0.4, 0.5) is 5.69 Å². The lowest BCUT2D eigenvalue weighted by atomic mass is 9.88. The van der Waals surface area contributed by atoms with Crippen LogP contribution in [0.15, 0.2) is 23.3 Å². The number of aliphatic imine (C=N–C) groups is 1. The smallest absolute Gasteiger partial charge is 0.213 e. The van der Waals surface area contributed by atoms with E-state index in [-0.39, 0.29) is 0 Å². The standard InChI is InChI=1S/C14H21N3O/c1-2-18-13-9-8-12(10-16-13)17-14(15)11-6-4-3-5-7-11/h8-11H,2-7H2,1H3,(H2,15,17). The lowest BCUT2D eigenvalue weighted by molar-refractivity contribution is 0.327. The summed E-state index contributed by atoms with van der Waals surface area (Å²) >= 11 is 0. The monoisotopic (exact) mass is 247 g/mol. The van der Waals surface area contributed by atoms with Crippen molar-refractivity contribution in [3.63, 3.8) is 0 Å². The first-order chi connectivity index (χ1) is 8.79. The molecule has 1 aliphatic rings. The average Bonchev–Trinajstić information content (AvgIpc) is 2.42. The summed E-state index contributed by atoms with van der Waals surface area (Å²) in [5.41, 5.74) is 6.88. The number of rotatable bonds is 4. The molecular weight excluding hydrogens is 226 g/mol. The van der Waals surface area contributed by atoms with E-state index < -0.39 is 0 Å². The zero-order valence-electron chi connectivity index (χ0n) is 10.9. The first-order valence-corrected chi connectivity index (χ1v) is 6.72. The van der Waals surface area contributed by atoms with Crippen LogP contribution in [0.1, 0.15) is 39.0 Å². The Morgan fingerprint density at radius 3 is 2.78 bits per heavy atom. The maximum atomic E-state index is 6.07. The molecule has 1 aliphatic carbocycles. The third kappa shape index (κ3) is 3.45. The predicted molar refractivity (Wildman–Crippen MR) is 73.3 cm³/mol. The maximum Gasteiger partial charge on any atom is 0.213 e. The van der Waals surface area contributed by atoms with E-state index in [1.807, 2.05) is 19.1 Å². The second kappa shape index (κ2) is 6.38. The van der Waals surface area contributed by atoms with Gasteiger partial charge < -0.3 is 10.5 Å². The van der Waals surface area contributed by atoms with Gasteiger partial charge in [-0.15, -0.1) is 0 Å². The molecule has 4 heteroatoms. The van der Waals surface area contributed by atoms with E-state index in [1.54, 1.807) is 6.20 Å².